The molecule has 0 aromatic rings. The monoisotopic (exact) mass is 124 g/mol. The summed E-state index contributed by atoms with van der Waals surface area (Å²) in [4.78, 5) is 0. The van der Waals surface area contributed by atoms with Crippen LogP contribution in [0.3, 0.4) is 0 Å². The molecule has 0 N–H and O–H groups in total. The van der Waals surface area contributed by atoms with Crippen LogP contribution in [0.2, 0.25) is 0 Å². The molecule has 0 aromatic heterocycles. The Morgan fingerprint density at radius 2 is 2.44 bits per heavy atom. The van der Waals surface area contributed by atoms with Crippen LogP contribution in [-0.2, 0) is 0 Å². The molecular weight excluding hydrogens is 108 g/mol. The maximum Gasteiger partial charge on any atom is -0.0259 e. The largest absolute Gasteiger partial charge is 0.0825 e. The van der Waals surface area contributed by atoms with Crippen molar-refractivity contribution in [1.29, 1.82) is 0 Å². The fourth-order valence-electron chi connectivity index (χ4n) is 1.51. The molecule has 0 aliphatic heterocycles. The van der Waals surface area contributed by atoms with Crippen LogP contribution in [0.25, 0.3) is 0 Å². The van der Waals surface area contributed by atoms with E-state index in [1.165, 1.54) is 25.7 Å². The van der Waals surface area contributed by atoms with Crippen molar-refractivity contribution in [1.82, 2.24) is 0 Å². The van der Waals surface area contributed by atoms with Gasteiger partial charge in [-0.1, -0.05) is 25.5 Å². The number of rotatable bonds is 1. The minimum absolute atomic E-state index is 0.855. The lowest BCUT2D eigenvalue weighted by atomic mass is 9.91. The molecule has 0 amide bonds. The van der Waals surface area contributed by atoms with Gasteiger partial charge in [0.15, 0.2) is 0 Å². The summed E-state index contributed by atoms with van der Waals surface area (Å²) in [5.74, 6) is 0.855. The average Bonchev–Trinajstić information content (AvgIpc) is 1.88. The fraction of sp³-hybridized carbons (Fsp3) is 0.778. The molecule has 52 valence electrons. The van der Waals surface area contributed by atoms with Gasteiger partial charge in [-0.2, -0.15) is 0 Å². The second-order valence-corrected chi connectivity index (χ2v) is 3.05. The van der Waals surface area contributed by atoms with Crippen LogP contribution in [0, 0.1) is 5.92 Å². The van der Waals surface area contributed by atoms with Gasteiger partial charge in [0.2, 0.25) is 0 Å². The molecule has 1 rings (SSSR count). The quantitative estimate of drug-likeness (QED) is 0.471. The third kappa shape index (κ3) is 1.85. The van der Waals surface area contributed by atoms with Crippen LogP contribution in [-0.4, -0.2) is 0 Å². The highest BCUT2D eigenvalue weighted by Crippen LogP contribution is 2.23. The van der Waals surface area contributed by atoms with Crippen molar-refractivity contribution < 1.29 is 0 Å². The van der Waals surface area contributed by atoms with Crippen LogP contribution in [0.5, 0.6) is 0 Å². The predicted molar refractivity (Wildman–Crippen MR) is 41.4 cm³/mol. The molecule has 1 aliphatic rings. The summed E-state index contributed by atoms with van der Waals surface area (Å²) in [7, 11) is 0. The normalized spacial score (nSPS) is 27.8. The van der Waals surface area contributed by atoms with E-state index in [0.717, 1.165) is 5.92 Å². The first-order chi connectivity index (χ1) is 4.33. The molecule has 0 spiro atoms. The predicted octanol–water partition coefficient (Wildman–Crippen LogP) is 3.14. The SMILES string of the molecule is CCC1=CC(C)CCC1. The Labute approximate surface area is 58.0 Å². The number of allylic oxidation sites excluding steroid dienone is 2. The Hall–Kier alpha value is -0.260. The molecule has 0 heterocycles. The Morgan fingerprint density at radius 1 is 1.67 bits per heavy atom. The van der Waals surface area contributed by atoms with Crippen molar-refractivity contribution >= 4 is 0 Å². The summed E-state index contributed by atoms with van der Waals surface area (Å²) in [5, 5.41) is 0. The van der Waals surface area contributed by atoms with Gasteiger partial charge in [-0.3, -0.25) is 0 Å². The Morgan fingerprint density at radius 3 is 2.89 bits per heavy atom. The van der Waals surface area contributed by atoms with Gasteiger partial charge in [0.05, 0.1) is 0 Å². The summed E-state index contributed by atoms with van der Waals surface area (Å²) in [6.45, 7) is 4.57. The zero-order valence-corrected chi connectivity index (χ0v) is 6.48. The molecule has 0 saturated carbocycles. The molecule has 0 saturated heterocycles. The smallest absolute Gasteiger partial charge is 0.0259 e. The zero-order valence-electron chi connectivity index (χ0n) is 6.48. The first-order valence-corrected chi connectivity index (χ1v) is 4.02. The maximum atomic E-state index is 2.45. The highest BCUT2D eigenvalue weighted by atomic mass is 14.1. The van der Waals surface area contributed by atoms with Crippen LogP contribution in [0.1, 0.15) is 39.5 Å². The van der Waals surface area contributed by atoms with Crippen LogP contribution in [0.15, 0.2) is 11.6 Å². The number of hydrogen-bond donors (Lipinski definition) is 0. The van der Waals surface area contributed by atoms with E-state index in [4.69, 9.17) is 0 Å². The molecule has 1 unspecified atom stereocenters. The topological polar surface area (TPSA) is 0 Å². The van der Waals surface area contributed by atoms with Crippen molar-refractivity contribution in [3.63, 3.8) is 0 Å². The summed E-state index contributed by atoms with van der Waals surface area (Å²) in [6, 6.07) is 0. The lowest BCUT2D eigenvalue weighted by Gasteiger charge is -2.15. The molecule has 1 aliphatic carbocycles. The lowest BCUT2D eigenvalue weighted by Crippen LogP contribution is -1.99. The minimum Gasteiger partial charge on any atom is -0.0825 e. The average molecular weight is 124 g/mol. The standard InChI is InChI=1S/C9H16/c1-3-9-6-4-5-8(2)7-9/h7-8H,3-6H2,1-2H3. The highest BCUT2D eigenvalue weighted by molar-refractivity contribution is 5.06. The Bertz CT molecular complexity index is 111. The molecule has 0 fully saturated rings. The summed E-state index contributed by atoms with van der Waals surface area (Å²) in [5.41, 5.74) is 1.67. The van der Waals surface area contributed by atoms with Crippen molar-refractivity contribution in [2.45, 2.75) is 39.5 Å². The van der Waals surface area contributed by atoms with Crippen molar-refractivity contribution in [2.24, 2.45) is 5.92 Å². The van der Waals surface area contributed by atoms with Gasteiger partial charge in [-0.05, 0) is 31.6 Å². The van der Waals surface area contributed by atoms with Gasteiger partial charge < -0.3 is 0 Å². The molecule has 0 aromatic carbocycles. The van der Waals surface area contributed by atoms with Gasteiger partial charge in [-0.25, -0.2) is 0 Å². The molecular formula is C9H16. The van der Waals surface area contributed by atoms with E-state index in [0.29, 0.717) is 0 Å². The van der Waals surface area contributed by atoms with Crippen molar-refractivity contribution in [3.8, 4) is 0 Å². The summed E-state index contributed by atoms with van der Waals surface area (Å²) in [6.07, 6.45) is 7.90. The third-order valence-corrected chi connectivity index (χ3v) is 2.13. The second kappa shape index (κ2) is 3.05. The van der Waals surface area contributed by atoms with Gasteiger partial charge in [-0.15, -0.1) is 0 Å². The van der Waals surface area contributed by atoms with E-state index < -0.39 is 0 Å². The van der Waals surface area contributed by atoms with Gasteiger partial charge >= 0.3 is 0 Å². The van der Waals surface area contributed by atoms with Gasteiger partial charge in [0.25, 0.3) is 0 Å². The highest BCUT2D eigenvalue weighted by Gasteiger charge is 2.06. The molecule has 0 bridgehead atoms. The van der Waals surface area contributed by atoms with E-state index in [1.54, 1.807) is 5.57 Å². The van der Waals surface area contributed by atoms with E-state index >= 15 is 0 Å². The van der Waals surface area contributed by atoms with Crippen LogP contribution < -0.4 is 0 Å². The number of hydrogen-bond acceptors (Lipinski definition) is 0. The maximum absolute atomic E-state index is 2.45. The summed E-state index contributed by atoms with van der Waals surface area (Å²) >= 11 is 0. The van der Waals surface area contributed by atoms with Gasteiger partial charge in [0, 0.05) is 0 Å². The Balaban J connectivity index is 2.49. The van der Waals surface area contributed by atoms with Crippen LogP contribution in [0.4, 0.5) is 0 Å². The van der Waals surface area contributed by atoms with E-state index in [-0.39, 0.29) is 0 Å². The minimum atomic E-state index is 0.855. The fourth-order valence-corrected chi connectivity index (χ4v) is 1.51. The second-order valence-electron chi connectivity index (χ2n) is 3.05. The van der Waals surface area contributed by atoms with Crippen molar-refractivity contribution in [2.75, 3.05) is 0 Å². The summed E-state index contributed by atoms with van der Waals surface area (Å²) < 4.78 is 0. The van der Waals surface area contributed by atoms with Crippen LogP contribution >= 0.6 is 0 Å². The Kier molecular flexibility index (Phi) is 2.32. The third-order valence-electron chi connectivity index (χ3n) is 2.13. The lowest BCUT2D eigenvalue weighted by molar-refractivity contribution is 0.560. The molecule has 0 nitrogen and oxygen atoms in total. The molecule has 0 radical (unpaired) electrons. The molecule has 0 heteroatoms. The van der Waals surface area contributed by atoms with E-state index in [9.17, 15) is 0 Å². The molecule has 9 heavy (non-hydrogen) atoms. The molecule has 1 atom stereocenters. The van der Waals surface area contributed by atoms with E-state index in [2.05, 4.69) is 19.9 Å². The first kappa shape index (κ1) is 6.85. The van der Waals surface area contributed by atoms with E-state index in [1.807, 2.05) is 0 Å². The first-order valence-electron chi connectivity index (χ1n) is 4.02. The zero-order chi connectivity index (χ0) is 6.69. The van der Waals surface area contributed by atoms with Gasteiger partial charge in [0.1, 0.15) is 0 Å². The van der Waals surface area contributed by atoms with Crippen molar-refractivity contribution in [3.05, 3.63) is 11.6 Å².